The molecule has 4 rings (SSSR count). The zero-order valence-corrected chi connectivity index (χ0v) is 18.3. The van der Waals surface area contributed by atoms with E-state index in [2.05, 4.69) is 20.5 Å². The van der Waals surface area contributed by atoms with E-state index in [1.807, 2.05) is 0 Å². The van der Waals surface area contributed by atoms with Gasteiger partial charge in [0.25, 0.3) is 11.5 Å². The number of amides is 1. The van der Waals surface area contributed by atoms with E-state index in [0.717, 1.165) is 4.57 Å². The van der Waals surface area contributed by atoms with E-state index in [-0.39, 0.29) is 34.7 Å². The summed E-state index contributed by atoms with van der Waals surface area (Å²) in [7, 11) is 1.19. The van der Waals surface area contributed by atoms with Gasteiger partial charge in [-0.05, 0) is 26.0 Å². The molecule has 0 bridgehead atoms. The highest BCUT2D eigenvalue weighted by Crippen LogP contribution is 2.32. The fraction of sp³-hybridized carbons (Fsp3) is 0.286. The van der Waals surface area contributed by atoms with E-state index in [1.165, 1.54) is 48.7 Å². The Morgan fingerprint density at radius 1 is 1.24 bits per heavy atom. The van der Waals surface area contributed by atoms with Crippen LogP contribution in [0.15, 0.2) is 47.9 Å². The second kappa shape index (κ2) is 8.09. The molecule has 0 aliphatic heterocycles. The number of nitrogens with one attached hydrogen (secondary N) is 1. The molecule has 0 saturated heterocycles. The van der Waals surface area contributed by atoms with Gasteiger partial charge in [-0.25, -0.2) is 9.50 Å². The van der Waals surface area contributed by atoms with Crippen LogP contribution in [0.2, 0.25) is 0 Å². The third-order valence-electron chi connectivity index (χ3n) is 4.85. The van der Waals surface area contributed by atoms with Crippen LogP contribution >= 0.6 is 0 Å². The Balaban J connectivity index is 1.83. The lowest BCUT2D eigenvalue weighted by Gasteiger charge is -2.16. The maximum atomic E-state index is 13.4. The quantitative estimate of drug-likeness (QED) is 0.457. The number of rotatable bonds is 5. The average molecular weight is 475 g/mol. The van der Waals surface area contributed by atoms with Gasteiger partial charge in [0, 0.05) is 31.8 Å². The summed E-state index contributed by atoms with van der Waals surface area (Å²) in [6.07, 6.45) is 1.68. The van der Waals surface area contributed by atoms with Crippen molar-refractivity contribution >= 4 is 17.2 Å². The summed E-state index contributed by atoms with van der Waals surface area (Å²) in [5, 5.41) is 21.0. The molecule has 0 atom stereocenters. The smallest absolute Gasteiger partial charge is 0.389 e. The van der Waals surface area contributed by atoms with Gasteiger partial charge >= 0.3 is 6.18 Å². The summed E-state index contributed by atoms with van der Waals surface area (Å²) in [6, 6.07) is 2.31. The Morgan fingerprint density at radius 3 is 2.65 bits per heavy atom. The first-order valence-electron chi connectivity index (χ1n) is 10.0. The van der Waals surface area contributed by atoms with Crippen LogP contribution in [0.3, 0.4) is 0 Å². The van der Waals surface area contributed by atoms with E-state index < -0.39 is 28.8 Å². The molecule has 0 saturated carbocycles. The van der Waals surface area contributed by atoms with Crippen molar-refractivity contribution in [2.24, 2.45) is 7.05 Å². The Hall–Kier alpha value is -4.00. The minimum atomic E-state index is -4.71. The normalized spacial score (nSPS) is 12.3. The predicted molar refractivity (Wildman–Crippen MR) is 115 cm³/mol. The monoisotopic (exact) mass is 475 g/mol. The van der Waals surface area contributed by atoms with Crippen molar-refractivity contribution in [3.8, 4) is 11.3 Å². The van der Waals surface area contributed by atoms with Crippen LogP contribution in [0.1, 0.15) is 29.8 Å². The first kappa shape index (κ1) is 23.2. The Bertz CT molecular complexity index is 1440. The number of halogens is 3. The van der Waals surface area contributed by atoms with Crippen LogP contribution in [0.5, 0.6) is 0 Å². The molecule has 34 heavy (non-hydrogen) atoms. The van der Waals surface area contributed by atoms with Crippen molar-refractivity contribution in [1.29, 1.82) is 0 Å². The third kappa shape index (κ3) is 4.55. The summed E-state index contributed by atoms with van der Waals surface area (Å²) in [4.78, 5) is 29.8. The van der Waals surface area contributed by atoms with Gasteiger partial charge < -0.3 is 15.0 Å². The van der Waals surface area contributed by atoms with Crippen molar-refractivity contribution in [2.75, 3.05) is 5.32 Å². The molecule has 0 aromatic carbocycles. The highest BCUT2D eigenvalue weighted by molar-refractivity contribution is 6.09. The number of anilines is 1. The van der Waals surface area contributed by atoms with E-state index >= 15 is 0 Å². The van der Waals surface area contributed by atoms with Crippen molar-refractivity contribution < 1.29 is 23.1 Å². The molecule has 0 aliphatic rings. The summed E-state index contributed by atoms with van der Waals surface area (Å²) in [5.74, 6) is -0.651. The van der Waals surface area contributed by atoms with Crippen LogP contribution in [-0.2, 0) is 19.8 Å². The molecule has 2 N–H and O–H groups in total. The number of carbonyl (C=O) groups excluding carboxylic acids is 1. The molecule has 178 valence electrons. The zero-order chi connectivity index (χ0) is 24.8. The van der Waals surface area contributed by atoms with Crippen LogP contribution in [0.4, 0.5) is 18.9 Å². The standard InChI is InChI=1S/C21H20F3N7O3/c1-20(2,34)11-30-10-15(27-18(32)14-8-26-31-6-4-5-25-17(14)31)16(28-30)13-7-12(21(22,23)24)9-29(3)19(13)33/h4-10,34H,11H2,1-3H3,(H,27,32). The number of aromatic nitrogens is 6. The predicted octanol–water partition coefficient (Wildman–Crippen LogP) is 2.33. The first-order valence-corrected chi connectivity index (χ1v) is 10.0. The highest BCUT2D eigenvalue weighted by Gasteiger charge is 2.33. The summed E-state index contributed by atoms with van der Waals surface area (Å²) >= 11 is 0. The van der Waals surface area contributed by atoms with Crippen molar-refractivity contribution in [3.63, 3.8) is 0 Å². The van der Waals surface area contributed by atoms with Crippen molar-refractivity contribution in [1.82, 2.24) is 28.9 Å². The maximum Gasteiger partial charge on any atom is 0.417 e. The SMILES string of the molecule is Cn1cc(C(F)(F)F)cc(-c2nn(CC(C)(C)O)cc2NC(=O)c2cnn3cccnc23)c1=O. The number of nitrogens with zero attached hydrogens (tertiary/aromatic N) is 6. The van der Waals surface area contributed by atoms with E-state index in [1.54, 1.807) is 12.3 Å². The molecule has 0 fully saturated rings. The number of hydrogen-bond donors (Lipinski definition) is 2. The maximum absolute atomic E-state index is 13.4. The van der Waals surface area contributed by atoms with Crippen LogP contribution < -0.4 is 10.9 Å². The summed E-state index contributed by atoms with van der Waals surface area (Å²) in [6.45, 7) is 2.98. The van der Waals surface area contributed by atoms with Crippen LogP contribution in [-0.4, -0.2) is 45.6 Å². The first-order chi connectivity index (χ1) is 15.8. The van der Waals surface area contributed by atoms with Gasteiger partial charge in [-0.3, -0.25) is 14.3 Å². The molecule has 4 aromatic heterocycles. The molecule has 10 nitrogen and oxygen atoms in total. The van der Waals surface area contributed by atoms with Gasteiger partial charge in [-0.1, -0.05) is 0 Å². The summed E-state index contributed by atoms with van der Waals surface area (Å²) in [5.41, 5.74) is -3.19. The van der Waals surface area contributed by atoms with Gasteiger partial charge in [0.15, 0.2) is 5.65 Å². The number of hydrogen-bond acceptors (Lipinski definition) is 6. The molecule has 4 heterocycles. The second-order valence-electron chi connectivity index (χ2n) is 8.36. The number of aliphatic hydroxyl groups is 1. The lowest BCUT2D eigenvalue weighted by atomic mass is 10.1. The molecule has 0 aliphatic carbocycles. The Morgan fingerprint density at radius 2 is 1.97 bits per heavy atom. The minimum absolute atomic E-state index is 0.0130. The fourth-order valence-corrected chi connectivity index (χ4v) is 3.40. The molecule has 0 radical (unpaired) electrons. The highest BCUT2D eigenvalue weighted by atomic mass is 19.4. The topological polar surface area (TPSA) is 119 Å². The van der Waals surface area contributed by atoms with Gasteiger partial charge in [0.2, 0.25) is 0 Å². The lowest BCUT2D eigenvalue weighted by Crippen LogP contribution is -2.26. The Kier molecular flexibility index (Phi) is 5.52. The number of carbonyl (C=O) groups is 1. The number of alkyl halides is 3. The average Bonchev–Trinajstić information content (AvgIpc) is 3.32. The molecule has 0 spiro atoms. The third-order valence-corrected chi connectivity index (χ3v) is 4.85. The fourth-order valence-electron chi connectivity index (χ4n) is 3.40. The number of pyridine rings is 1. The van der Waals surface area contributed by atoms with E-state index in [0.29, 0.717) is 12.3 Å². The Labute approximate surface area is 190 Å². The number of fused-ring (bicyclic) bond motifs is 1. The van der Waals surface area contributed by atoms with Crippen molar-refractivity contribution in [3.05, 3.63) is 64.6 Å². The zero-order valence-electron chi connectivity index (χ0n) is 18.3. The van der Waals surface area contributed by atoms with Gasteiger partial charge in [-0.2, -0.15) is 23.4 Å². The minimum Gasteiger partial charge on any atom is -0.389 e. The second-order valence-corrected chi connectivity index (χ2v) is 8.36. The van der Waals surface area contributed by atoms with Gasteiger partial charge in [-0.15, -0.1) is 0 Å². The molecule has 1 amide bonds. The molecular formula is C21H20F3N7O3. The lowest BCUT2D eigenvalue weighted by molar-refractivity contribution is -0.138. The molecular weight excluding hydrogens is 455 g/mol. The summed E-state index contributed by atoms with van der Waals surface area (Å²) < 4.78 is 43.7. The van der Waals surface area contributed by atoms with Crippen LogP contribution in [0.25, 0.3) is 16.9 Å². The molecule has 13 heteroatoms. The number of aryl methyl sites for hydroxylation is 1. The van der Waals surface area contributed by atoms with Crippen LogP contribution in [0, 0.1) is 0 Å². The molecule has 0 unspecified atom stereocenters. The molecule has 4 aromatic rings. The van der Waals surface area contributed by atoms with Gasteiger partial charge in [0.1, 0.15) is 11.3 Å². The van der Waals surface area contributed by atoms with Gasteiger partial charge in [0.05, 0.1) is 35.2 Å². The van der Waals surface area contributed by atoms with E-state index in [4.69, 9.17) is 0 Å². The van der Waals surface area contributed by atoms with Crippen molar-refractivity contribution in [2.45, 2.75) is 32.2 Å². The largest absolute Gasteiger partial charge is 0.417 e. The van der Waals surface area contributed by atoms with E-state index in [9.17, 15) is 27.9 Å².